The van der Waals surface area contributed by atoms with Gasteiger partial charge in [-0.1, -0.05) is 26.2 Å². The zero-order valence-electron chi connectivity index (χ0n) is 12.2. The number of aryl methyl sites for hydroxylation is 1. The number of aromatic nitrogens is 3. The molecule has 1 amide bonds. The molecule has 6 heteroatoms. The van der Waals surface area contributed by atoms with Crippen molar-refractivity contribution in [2.75, 3.05) is 6.54 Å². The van der Waals surface area contributed by atoms with Crippen molar-refractivity contribution < 1.29 is 4.79 Å². The Morgan fingerprint density at radius 1 is 1.45 bits per heavy atom. The highest BCUT2D eigenvalue weighted by Crippen LogP contribution is 2.26. The molecule has 0 bridgehead atoms. The van der Waals surface area contributed by atoms with E-state index in [1.165, 1.54) is 19.3 Å². The van der Waals surface area contributed by atoms with Crippen LogP contribution in [0, 0.1) is 5.92 Å². The first-order valence-electron chi connectivity index (χ1n) is 7.66. The molecule has 20 heavy (non-hydrogen) atoms. The highest BCUT2D eigenvalue weighted by Gasteiger charge is 2.25. The van der Waals surface area contributed by atoms with Gasteiger partial charge in [-0.2, -0.15) is 0 Å². The van der Waals surface area contributed by atoms with Crippen LogP contribution in [0.15, 0.2) is 0 Å². The van der Waals surface area contributed by atoms with Gasteiger partial charge in [-0.15, -0.1) is 5.10 Å². The summed E-state index contributed by atoms with van der Waals surface area (Å²) in [5.74, 6) is 1.26. The van der Waals surface area contributed by atoms with E-state index in [0.717, 1.165) is 31.5 Å². The van der Waals surface area contributed by atoms with Crippen LogP contribution in [-0.4, -0.2) is 33.7 Å². The summed E-state index contributed by atoms with van der Waals surface area (Å²) in [6.45, 7) is 2.54. The van der Waals surface area contributed by atoms with Crippen molar-refractivity contribution in [2.24, 2.45) is 11.7 Å². The van der Waals surface area contributed by atoms with Gasteiger partial charge in [0.15, 0.2) is 0 Å². The number of hydrogen-bond donors (Lipinski definition) is 3. The second-order valence-electron chi connectivity index (χ2n) is 5.57. The second-order valence-corrected chi connectivity index (χ2v) is 5.57. The number of nitrogens with zero attached hydrogens (tertiary/aromatic N) is 2. The fourth-order valence-electron chi connectivity index (χ4n) is 2.88. The van der Waals surface area contributed by atoms with E-state index in [4.69, 9.17) is 5.73 Å². The fraction of sp³-hybridized carbons (Fsp3) is 0.786. The number of nitrogens with two attached hydrogens (primary N) is 1. The van der Waals surface area contributed by atoms with Crippen LogP contribution in [0.2, 0.25) is 0 Å². The molecule has 1 aromatic rings. The monoisotopic (exact) mass is 279 g/mol. The summed E-state index contributed by atoms with van der Waals surface area (Å²) >= 11 is 0. The highest BCUT2D eigenvalue weighted by molar-refractivity contribution is 5.90. The maximum Gasteiger partial charge on any atom is 0.291 e. The first kappa shape index (κ1) is 15.0. The lowest BCUT2D eigenvalue weighted by molar-refractivity contribution is 0.0905. The maximum atomic E-state index is 12.2. The van der Waals surface area contributed by atoms with Crippen LogP contribution in [0.1, 0.15) is 61.9 Å². The summed E-state index contributed by atoms with van der Waals surface area (Å²) in [6, 6.07) is 0.0379. The van der Waals surface area contributed by atoms with Crippen LogP contribution in [0.3, 0.4) is 0 Å². The molecule has 2 rings (SSSR count). The average Bonchev–Trinajstić information content (AvgIpc) is 2.94. The Hall–Kier alpha value is -1.43. The summed E-state index contributed by atoms with van der Waals surface area (Å²) in [4.78, 5) is 16.4. The molecule has 1 unspecified atom stereocenters. The van der Waals surface area contributed by atoms with Gasteiger partial charge in [0.05, 0.1) is 0 Å². The standard InChI is InChI=1S/C14H25N5O/c1-2-6-12-17-13(19-18-12)14(20)16-11(9-15)10-7-4-3-5-8-10/h10-11H,2-9,15H2,1H3,(H,16,20)(H,17,18,19). The molecule has 1 fully saturated rings. The SMILES string of the molecule is CCCc1nc(C(=O)NC(CN)C2CCCCC2)n[nH]1. The van der Waals surface area contributed by atoms with Crippen molar-refractivity contribution in [2.45, 2.75) is 57.9 Å². The Balaban J connectivity index is 1.93. The summed E-state index contributed by atoms with van der Waals surface area (Å²) in [5, 5.41) is 9.78. The largest absolute Gasteiger partial charge is 0.345 e. The number of carbonyl (C=O) groups is 1. The normalized spacial score (nSPS) is 17.9. The fourth-order valence-corrected chi connectivity index (χ4v) is 2.88. The van der Waals surface area contributed by atoms with Gasteiger partial charge in [0.2, 0.25) is 5.82 Å². The maximum absolute atomic E-state index is 12.2. The summed E-state index contributed by atoms with van der Waals surface area (Å²) < 4.78 is 0. The number of hydrogen-bond acceptors (Lipinski definition) is 4. The second kappa shape index (κ2) is 7.38. The Bertz CT molecular complexity index is 425. The molecule has 1 aliphatic rings. The van der Waals surface area contributed by atoms with Crippen molar-refractivity contribution in [3.05, 3.63) is 11.6 Å². The first-order valence-corrected chi connectivity index (χ1v) is 7.66. The molecule has 1 aromatic heterocycles. The lowest BCUT2D eigenvalue weighted by Crippen LogP contribution is -2.46. The predicted molar refractivity (Wildman–Crippen MR) is 77.3 cm³/mol. The lowest BCUT2D eigenvalue weighted by atomic mass is 9.84. The topological polar surface area (TPSA) is 96.7 Å². The minimum atomic E-state index is -0.218. The van der Waals surface area contributed by atoms with Gasteiger partial charge in [-0.05, 0) is 25.2 Å². The molecular weight excluding hydrogens is 254 g/mol. The molecule has 4 N–H and O–H groups in total. The Labute approximate surface area is 119 Å². The molecule has 1 aliphatic carbocycles. The smallest absolute Gasteiger partial charge is 0.291 e. The van der Waals surface area contributed by atoms with Crippen molar-refractivity contribution in [3.63, 3.8) is 0 Å². The van der Waals surface area contributed by atoms with Gasteiger partial charge in [0.25, 0.3) is 5.91 Å². The third-order valence-electron chi connectivity index (χ3n) is 4.01. The van der Waals surface area contributed by atoms with E-state index < -0.39 is 0 Å². The van der Waals surface area contributed by atoms with Crippen LogP contribution in [0.25, 0.3) is 0 Å². The van der Waals surface area contributed by atoms with Crippen molar-refractivity contribution >= 4 is 5.91 Å². The zero-order chi connectivity index (χ0) is 14.4. The number of nitrogens with one attached hydrogen (secondary N) is 2. The third-order valence-corrected chi connectivity index (χ3v) is 4.01. The van der Waals surface area contributed by atoms with E-state index in [2.05, 4.69) is 27.4 Å². The Morgan fingerprint density at radius 3 is 2.85 bits per heavy atom. The minimum absolute atomic E-state index is 0.0379. The highest BCUT2D eigenvalue weighted by atomic mass is 16.2. The van der Waals surface area contributed by atoms with Crippen molar-refractivity contribution in [1.29, 1.82) is 0 Å². The molecule has 1 atom stereocenters. The third kappa shape index (κ3) is 3.79. The lowest BCUT2D eigenvalue weighted by Gasteiger charge is -2.29. The number of amides is 1. The molecule has 0 aromatic carbocycles. The number of carbonyl (C=O) groups excluding carboxylic acids is 1. The molecule has 1 saturated carbocycles. The van der Waals surface area contributed by atoms with Gasteiger partial charge in [-0.3, -0.25) is 9.89 Å². The molecule has 0 spiro atoms. The van der Waals surface area contributed by atoms with Crippen LogP contribution in [0.5, 0.6) is 0 Å². The van der Waals surface area contributed by atoms with Gasteiger partial charge in [0.1, 0.15) is 5.82 Å². The summed E-state index contributed by atoms with van der Waals surface area (Å²) in [7, 11) is 0. The molecule has 0 aliphatic heterocycles. The Kier molecular flexibility index (Phi) is 5.52. The summed E-state index contributed by atoms with van der Waals surface area (Å²) in [6.07, 6.45) is 7.85. The quantitative estimate of drug-likeness (QED) is 0.733. The van der Waals surface area contributed by atoms with Gasteiger partial charge >= 0.3 is 0 Å². The molecule has 6 nitrogen and oxygen atoms in total. The molecule has 0 radical (unpaired) electrons. The number of rotatable bonds is 6. The number of H-pyrrole nitrogens is 1. The van der Waals surface area contributed by atoms with Gasteiger partial charge in [-0.25, -0.2) is 4.98 Å². The van der Waals surface area contributed by atoms with Crippen LogP contribution in [-0.2, 0) is 6.42 Å². The zero-order valence-corrected chi connectivity index (χ0v) is 12.2. The van der Waals surface area contributed by atoms with E-state index >= 15 is 0 Å². The van der Waals surface area contributed by atoms with Crippen molar-refractivity contribution in [3.8, 4) is 0 Å². The number of aromatic amines is 1. The molecule has 0 saturated heterocycles. The predicted octanol–water partition coefficient (Wildman–Crippen LogP) is 1.39. The van der Waals surface area contributed by atoms with Crippen molar-refractivity contribution in [1.82, 2.24) is 20.5 Å². The van der Waals surface area contributed by atoms with E-state index in [1.807, 2.05) is 0 Å². The Morgan fingerprint density at radius 2 is 2.20 bits per heavy atom. The van der Waals surface area contributed by atoms with E-state index in [0.29, 0.717) is 12.5 Å². The summed E-state index contributed by atoms with van der Waals surface area (Å²) in [5.41, 5.74) is 5.82. The average molecular weight is 279 g/mol. The first-order chi connectivity index (χ1) is 9.74. The van der Waals surface area contributed by atoms with Crippen LogP contribution >= 0.6 is 0 Å². The minimum Gasteiger partial charge on any atom is -0.345 e. The molecule has 1 heterocycles. The van der Waals surface area contributed by atoms with E-state index in [-0.39, 0.29) is 17.8 Å². The van der Waals surface area contributed by atoms with Crippen LogP contribution in [0.4, 0.5) is 0 Å². The van der Waals surface area contributed by atoms with Gasteiger partial charge < -0.3 is 11.1 Å². The van der Waals surface area contributed by atoms with Gasteiger partial charge in [0, 0.05) is 19.0 Å². The van der Waals surface area contributed by atoms with E-state index in [9.17, 15) is 4.79 Å². The molecular formula is C14H25N5O. The van der Waals surface area contributed by atoms with Crippen LogP contribution < -0.4 is 11.1 Å². The van der Waals surface area contributed by atoms with E-state index in [1.54, 1.807) is 0 Å². The molecule has 112 valence electrons.